The molecule has 0 aliphatic heterocycles. The minimum Gasteiger partial charge on any atom is -0.479 e. The molecule has 0 unspecified atom stereocenters. The number of ether oxygens (including phenoxy) is 1. The van der Waals surface area contributed by atoms with Gasteiger partial charge in [-0.15, -0.1) is 0 Å². The Hall–Kier alpha value is -2.79. The monoisotopic (exact) mass is 395 g/mol. The summed E-state index contributed by atoms with van der Waals surface area (Å²) in [6, 6.07) is 15.2. The largest absolute Gasteiger partial charge is 0.479 e. The summed E-state index contributed by atoms with van der Waals surface area (Å²) >= 11 is 0. The summed E-state index contributed by atoms with van der Waals surface area (Å²) in [6.07, 6.45) is -0.804. The summed E-state index contributed by atoms with van der Waals surface area (Å²) in [5, 5.41) is 10.8. The number of aromatic nitrogens is 1. The van der Waals surface area contributed by atoms with Crippen molar-refractivity contribution in [2.75, 3.05) is 6.67 Å². The average Bonchev–Trinajstić information content (AvgIpc) is 2.65. The van der Waals surface area contributed by atoms with Gasteiger partial charge in [-0.3, -0.25) is 9.37 Å². The summed E-state index contributed by atoms with van der Waals surface area (Å²) in [6.45, 7) is 6.89. The molecular formula is C24H26FNO3. The van der Waals surface area contributed by atoms with Crippen LogP contribution in [-0.2, 0) is 16.0 Å². The molecule has 1 aromatic heterocycles. The first-order chi connectivity index (χ1) is 13.7. The first kappa shape index (κ1) is 20.9. The third kappa shape index (κ3) is 4.62. The van der Waals surface area contributed by atoms with Gasteiger partial charge >= 0.3 is 5.97 Å². The van der Waals surface area contributed by atoms with E-state index in [2.05, 4.69) is 4.98 Å². The van der Waals surface area contributed by atoms with Gasteiger partial charge in [-0.1, -0.05) is 42.5 Å². The number of aryl methyl sites for hydroxylation is 2. The van der Waals surface area contributed by atoms with Crippen molar-refractivity contribution < 1.29 is 19.0 Å². The molecule has 29 heavy (non-hydrogen) atoms. The molecule has 0 aliphatic rings. The predicted molar refractivity (Wildman–Crippen MR) is 113 cm³/mol. The van der Waals surface area contributed by atoms with E-state index in [1.807, 2.05) is 76.2 Å². The second kappa shape index (κ2) is 8.29. The predicted octanol–water partition coefficient (Wildman–Crippen LogP) is 5.66. The number of halogens is 1. The van der Waals surface area contributed by atoms with Crippen LogP contribution in [0.4, 0.5) is 4.39 Å². The van der Waals surface area contributed by atoms with Gasteiger partial charge in [-0.25, -0.2) is 4.79 Å². The number of carboxylic acids is 1. The van der Waals surface area contributed by atoms with Gasteiger partial charge in [0.25, 0.3) is 0 Å². The molecule has 0 spiro atoms. The lowest BCUT2D eigenvalue weighted by atomic mass is 9.90. The number of alkyl halides is 1. The van der Waals surface area contributed by atoms with Gasteiger partial charge in [0.2, 0.25) is 0 Å². The van der Waals surface area contributed by atoms with Crippen LogP contribution in [0.25, 0.3) is 22.0 Å². The Morgan fingerprint density at radius 3 is 2.38 bits per heavy atom. The van der Waals surface area contributed by atoms with E-state index in [-0.39, 0.29) is 0 Å². The zero-order valence-electron chi connectivity index (χ0n) is 17.2. The van der Waals surface area contributed by atoms with Crippen molar-refractivity contribution in [3.05, 3.63) is 65.4 Å². The van der Waals surface area contributed by atoms with Gasteiger partial charge in [0.15, 0.2) is 6.10 Å². The Morgan fingerprint density at radius 2 is 1.79 bits per heavy atom. The SMILES string of the molecule is Cc1nc2ccccc2c(-c2ccc(CCF)cc2)c1[C@H](OC(C)(C)C)C(=O)O. The second-order valence-electron chi connectivity index (χ2n) is 8.09. The van der Waals surface area contributed by atoms with Gasteiger partial charge in [0, 0.05) is 23.1 Å². The van der Waals surface area contributed by atoms with Gasteiger partial charge in [0.05, 0.1) is 17.8 Å². The maximum absolute atomic E-state index is 12.7. The molecule has 0 saturated heterocycles. The number of fused-ring (bicyclic) bond motifs is 1. The van der Waals surface area contributed by atoms with E-state index in [0.717, 1.165) is 27.6 Å². The highest BCUT2D eigenvalue weighted by atomic mass is 19.1. The summed E-state index contributed by atoms with van der Waals surface area (Å²) in [5.74, 6) is -1.06. The third-order valence-corrected chi connectivity index (χ3v) is 4.70. The number of pyridine rings is 1. The second-order valence-corrected chi connectivity index (χ2v) is 8.09. The maximum Gasteiger partial charge on any atom is 0.337 e. The standard InChI is InChI=1S/C24H26FNO3/c1-15-20(22(23(27)28)29-24(2,3)4)21(18-7-5-6-8-19(18)26-15)17-11-9-16(10-12-17)13-14-25/h5-12,22H,13-14H2,1-4H3,(H,27,28)/t22-/m0/s1. The molecule has 152 valence electrons. The topological polar surface area (TPSA) is 59.4 Å². The summed E-state index contributed by atoms with van der Waals surface area (Å²) < 4.78 is 18.6. The van der Waals surface area contributed by atoms with Gasteiger partial charge in [-0.2, -0.15) is 0 Å². The van der Waals surface area contributed by atoms with Crippen LogP contribution in [0, 0.1) is 6.92 Å². The summed E-state index contributed by atoms with van der Waals surface area (Å²) in [7, 11) is 0. The molecule has 0 bridgehead atoms. The maximum atomic E-state index is 12.7. The average molecular weight is 395 g/mol. The molecule has 3 aromatic rings. The molecule has 1 N–H and O–H groups in total. The van der Waals surface area contributed by atoms with Crippen LogP contribution in [0.3, 0.4) is 0 Å². The number of hydrogen-bond donors (Lipinski definition) is 1. The molecule has 1 heterocycles. The smallest absolute Gasteiger partial charge is 0.337 e. The molecule has 0 radical (unpaired) electrons. The number of rotatable bonds is 6. The Labute approximate surface area is 170 Å². The van der Waals surface area contributed by atoms with Crippen molar-refractivity contribution in [1.82, 2.24) is 4.98 Å². The van der Waals surface area contributed by atoms with Crippen LogP contribution >= 0.6 is 0 Å². The Bertz CT molecular complexity index is 1020. The van der Waals surface area contributed by atoms with Crippen LogP contribution in [0.15, 0.2) is 48.5 Å². The third-order valence-electron chi connectivity index (χ3n) is 4.70. The van der Waals surface area contributed by atoms with Crippen LogP contribution in [0.1, 0.15) is 43.7 Å². The molecule has 2 aromatic carbocycles. The van der Waals surface area contributed by atoms with Gasteiger partial charge < -0.3 is 9.84 Å². The van der Waals surface area contributed by atoms with Crippen LogP contribution < -0.4 is 0 Å². The molecule has 3 rings (SSSR count). The van der Waals surface area contributed by atoms with Gasteiger partial charge in [0.1, 0.15) is 0 Å². The van der Waals surface area contributed by atoms with Crippen LogP contribution in [0.5, 0.6) is 0 Å². The number of nitrogens with zero attached hydrogens (tertiary/aromatic N) is 1. The fourth-order valence-electron chi connectivity index (χ4n) is 3.51. The summed E-state index contributed by atoms with van der Waals surface area (Å²) in [4.78, 5) is 16.8. The molecule has 0 fully saturated rings. The quantitative estimate of drug-likeness (QED) is 0.585. The first-order valence-electron chi connectivity index (χ1n) is 9.66. The Balaban J connectivity index is 2.30. The van der Waals surface area contributed by atoms with E-state index in [0.29, 0.717) is 17.7 Å². The highest BCUT2D eigenvalue weighted by Gasteiger charge is 2.32. The van der Waals surface area contributed by atoms with Crippen LogP contribution in [-0.4, -0.2) is 28.3 Å². The van der Waals surface area contributed by atoms with Crippen molar-refractivity contribution >= 4 is 16.9 Å². The van der Waals surface area contributed by atoms with E-state index < -0.39 is 24.3 Å². The molecule has 0 aliphatic carbocycles. The number of carbonyl (C=O) groups is 1. The highest BCUT2D eigenvalue weighted by molar-refractivity contribution is 5.98. The fraction of sp³-hybridized carbons (Fsp3) is 0.333. The molecular weight excluding hydrogens is 369 g/mol. The zero-order chi connectivity index (χ0) is 21.2. The Morgan fingerprint density at radius 1 is 1.14 bits per heavy atom. The molecule has 1 atom stereocenters. The molecule has 4 nitrogen and oxygen atoms in total. The lowest BCUT2D eigenvalue weighted by Crippen LogP contribution is -2.28. The van der Waals surface area contributed by atoms with Crippen molar-refractivity contribution in [2.24, 2.45) is 0 Å². The molecule has 5 heteroatoms. The first-order valence-corrected chi connectivity index (χ1v) is 9.66. The van der Waals surface area contributed by atoms with E-state index in [4.69, 9.17) is 4.74 Å². The highest BCUT2D eigenvalue weighted by Crippen LogP contribution is 2.39. The molecule has 0 saturated carbocycles. The van der Waals surface area contributed by atoms with Crippen molar-refractivity contribution in [3.63, 3.8) is 0 Å². The number of para-hydroxylation sites is 1. The van der Waals surface area contributed by atoms with Crippen molar-refractivity contribution in [1.29, 1.82) is 0 Å². The number of benzene rings is 2. The minimum absolute atomic E-state index is 0.355. The van der Waals surface area contributed by atoms with E-state index in [9.17, 15) is 14.3 Å². The number of hydrogen-bond acceptors (Lipinski definition) is 3. The number of carboxylic acid groups (broad SMARTS) is 1. The van der Waals surface area contributed by atoms with Crippen molar-refractivity contribution in [2.45, 2.75) is 45.8 Å². The van der Waals surface area contributed by atoms with Gasteiger partial charge in [-0.05, 0) is 50.5 Å². The zero-order valence-corrected chi connectivity index (χ0v) is 17.2. The number of aliphatic carboxylic acids is 1. The fourth-order valence-corrected chi connectivity index (χ4v) is 3.51. The van der Waals surface area contributed by atoms with Crippen LogP contribution in [0.2, 0.25) is 0 Å². The lowest BCUT2D eigenvalue weighted by molar-refractivity contribution is -0.160. The van der Waals surface area contributed by atoms with E-state index in [1.54, 1.807) is 0 Å². The normalized spacial score (nSPS) is 12.9. The minimum atomic E-state index is -1.16. The van der Waals surface area contributed by atoms with E-state index in [1.165, 1.54) is 0 Å². The lowest BCUT2D eigenvalue weighted by Gasteiger charge is -2.28. The van der Waals surface area contributed by atoms with E-state index >= 15 is 0 Å². The summed E-state index contributed by atoms with van der Waals surface area (Å²) in [5.41, 5.74) is 3.84. The molecule has 0 amide bonds. The van der Waals surface area contributed by atoms with Crippen molar-refractivity contribution in [3.8, 4) is 11.1 Å². The Kier molecular flexibility index (Phi) is 5.99.